The van der Waals surface area contributed by atoms with Crippen LogP contribution < -0.4 is 5.32 Å². The Bertz CT molecular complexity index is 589. The Morgan fingerprint density at radius 3 is 2.18 bits per heavy atom. The second-order valence-corrected chi connectivity index (χ2v) is 6.19. The molecule has 2 aromatic rings. The Morgan fingerprint density at radius 1 is 1.05 bits per heavy atom. The minimum absolute atomic E-state index is 0. The number of carbonyl (C=O) groups is 1. The molecule has 0 aliphatic heterocycles. The number of pyridine rings is 1. The van der Waals surface area contributed by atoms with Crippen molar-refractivity contribution in [2.45, 2.75) is 32.6 Å². The van der Waals surface area contributed by atoms with Crippen LogP contribution in [0.3, 0.4) is 0 Å². The molecular formula is C18H23ClN2O. The Balaban J connectivity index is 0.00000242. The van der Waals surface area contributed by atoms with Crippen molar-refractivity contribution in [3.63, 3.8) is 0 Å². The molecule has 2 rings (SSSR count). The SMILES string of the molecule is CC(C)(C)c1ccc(CCNC(=O)c2ccncc2)cc1.Cl. The van der Waals surface area contributed by atoms with Crippen molar-refractivity contribution in [3.8, 4) is 0 Å². The summed E-state index contributed by atoms with van der Waals surface area (Å²) in [5.74, 6) is -0.0521. The highest BCUT2D eigenvalue weighted by Gasteiger charge is 2.12. The lowest BCUT2D eigenvalue weighted by Gasteiger charge is -2.19. The van der Waals surface area contributed by atoms with Gasteiger partial charge in [-0.15, -0.1) is 12.4 Å². The molecule has 1 amide bonds. The first-order chi connectivity index (χ1) is 9.97. The lowest BCUT2D eigenvalue weighted by molar-refractivity contribution is 0.0954. The fourth-order valence-corrected chi connectivity index (χ4v) is 2.10. The summed E-state index contributed by atoms with van der Waals surface area (Å²) >= 11 is 0. The van der Waals surface area contributed by atoms with Gasteiger partial charge in [0.25, 0.3) is 5.91 Å². The van der Waals surface area contributed by atoms with Gasteiger partial charge in [-0.05, 0) is 35.1 Å². The van der Waals surface area contributed by atoms with Gasteiger partial charge in [0.05, 0.1) is 0 Å². The largest absolute Gasteiger partial charge is 0.352 e. The number of halogens is 1. The van der Waals surface area contributed by atoms with Gasteiger partial charge in [0.2, 0.25) is 0 Å². The molecule has 0 unspecified atom stereocenters. The maximum absolute atomic E-state index is 11.9. The molecule has 0 aliphatic carbocycles. The molecule has 1 aromatic carbocycles. The topological polar surface area (TPSA) is 42.0 Å². The van der Waals surface area contributed by atoms with Gasteiger partial charge >= 0.3 is 0 Å². The minimum Gasteiger partial charge on any atom is -0.352 e. The molecule has 3 nitrogen and oxygen atoms in total. The number of hydrogen-bond acceptors (Lipinski definition) is 2. The summed E-state index contributed by atoms with van der Waals surface area (Å²) in [6, 6.07) is 12.0. The first-order valence-electron chi connectivity index (χ1n) is 7.24. The van der Waals surface area contributed by atoms with Crippen LogP contribution in [0.5, 0.6) is 0 Å². The molecule has 0 spiro atoms. The van der Waals surface area contributed by atoms with Crippen LogP contribution in [0, 0.1) is 0 Å². The van der Waals surface area contributed by atoms with E-state index in [1.807, 2.05) is 0 Å². The van der Waals surface area contributed by atoms with Crippen molar-refractivity contribution in [3.05, 3.63) is 65.5 Å². The smallest absolute Gasteiger partial charge is 0.251 e. The first-order valence-corrected chi connectivity index (χ1v) is 7.24. The monoisotopic (exact) mass is 318 g/mol. The van der Waals surface area contributed by atoms with Gasteiger partial charge < -0.3 is 5.32 Å². The van der Waals surface area contributed by atoms with Gasteiger partial charge in [-0.2, -0.15) is 0 Å². The molecule has 1 aromatic heterocycles. The predicted octanol–water partition coefficient (Wildman–Crippen LogP) is 3.77. The Hall–Kier alpha value is -1.87. The van der Waals surface area contributed by atoms with Crippen LogP contribution in [0.1, 0.15) is 42.3 Å². The molecular weight excluding hydrogens is 296 g/mol. The molecule has 0 saturated heterocycles. The molecule has 0 atom stereocenters. The zero-order valence-corrected chi connectivity index (χ0v) is 14.1. The van der Waals surface area contributed by atoms with E-state index >= 15 is 0 Å². The van der Waals surface area contributed by atoms with Gasteiger partial charge in [-0.3, -0.25) is 9.78 Å². The molecule has 0 fully saturated rings. The summed E-state index contributed by atoms with van der Waals surface area (Å²) in [6.45, 7) is 7.25. The fourth-order valence-electron chi connectivity index (χ4n) is 2.10. The number of hydrogen-bond donors (Lipinski definition) is 1. The van der Waals surface area contributed by atoms with Crippen LogP contribution >= 0.6 is 12.4 Å². The van der Waals surface area contributed by atoms with E-state index in [-0.39, 0.29) is 23.7 Å². The Kier molecular flexibility index (Phi) is 6.57. The fraction of sp³-hybridized carbons (Fsp3) is 0.333. The third-order valence-corrected chi connectivity index (χ3v) is 3.46. The summed E-state index contributed by atoms with van der Waals surface area (Å²) in [5.41, 5.74) is 3.38. The predicted molar refractivity (Wildman–Crippen MR) is 92.7 cm³/mol. The van der Waals surface area contributed by atoms with E-state index in [0.29, 0.717) is 12.1 Å². The molecule has 4 heteroatoms. The average Bonchev–Trinajstić information content (AvgIpc) is 2.47. The van der Waals surface area contributed by atoms with E-state index < -0.39 is 0 Å². The molecule has 0 radical (unpaired) electrons. The lowest BCUT2D eigenvalue weighted by atomic mass is 9.86. The van der Waals surface area contributed by atoms with E-state index in [1.54, 1.807) is 24.5 Å². The minimum atomic E-state index is -0.0521. The first kappa shape index (κ1) is 18.2. The summed E-state index contributed by atoms with van der Waals surface area (Å²) < 4.78 is 0. The maximum Gasteiger partial charge on any atom is 0.251 e. The second-order valence-electron chi connectivity index (χ2n) is 6.19. The lowest BCUT2D eigenvalue weighted by Crippen LogP contribution is -2.25. The maximum atomic E-state index is 11.9. The van der Waals surface area contributed by atoms with Crippen molar-refractivity contribution in [1.82, 2.24) is 10.3 Å². The number of carbonyl (C=O) groups excluding carboxylic acids is 1. The van der Waals surface area contributed by atoms with Crippen LogP contribution in [0.25, 0.3) is 0 Å². The van der Waals surface area contributed by atoms with Gasteiger partial charge in [0.15, 0.2) is 0 Å². The summed E-state index contributed by atoms with van der Waals surface area (Å²) in [7, 11) is 0. The second kappa shape index (κ2) is 7.95. The number of nitrogens with zero attached hydrogens (tertiary/aromatic N) is 1. The van der Waals surface area contributed by atoms with Crippen LogP contribution in [0.4, 0.5) is 0 Å². The number of nitrogens with one attached hydrogen (secondary N) is 1. The molecule has 0 bridgehead atoms. The standard InChI is InChI=1S/C18H22N2O.ClH/c1-18(2,3)16-6-4-14(5-7-16)8-13-20-17(21)15-9-11-19-12-10-15;/h4-7,9-12H,8,13H2,1-3H3,(H,20,21);1H. The van der Waals surface area contributed by atoms with Crippen molar-refractivity contribution in [2.24, 2.45) is 0 Å². The quantitative estimate of drug-likeness (QED) is 0.932. The van der Waals surface area contributed by atoms with Crippen LogP contribution in [0.2, 0.25) is 0 Å². The van der Waals surface area contributed by atoms with E-state index in [2.05, 4.69) is 55.3 Å². The van der Waals surface area contributed by atoms with E-state index in [1.165, 1.54) is 11.1 Å². The molecule has 1 heterocycles. The van der Waals surface area contributed by atoms with E-state index in [0.717, 1.165) is 6.42 Å². The van der Waals surface area contributed by atoms with Gasteiger partial charge in [-0.1, -0.05) is 45.0 Å². The Labute approximate surface area is 138 Å². The van der Waals surface area contributed by atoms with Gasteiger partial charge in [-0.25, -0.2) is 0 Å². The summed E-state index contributed by atoms with van der Waals surface area (Å²) in [4.78, 5) is 15.8. The van der Waals surface area contributed by atoms with E-state index in [4.69, 9.17) is 0 Å². The number of benzene rings is 1. The zero-order chi connectivity index (χ0) is 15.3. The van der Waals surface area contributed by atoms with Crippen LogP contribution in [-0.4, -0.2) is 17.4 Å². The van der Waals surface area contributed by atoms with Crippen LogP contribution in [0.15, 0.2) is 48.8 Å². The third-order valence-electron chi connectivity index (χ3n) is 3.46. The molecule has 22 heavy (non-hydrogen) atoms. The van der Waals surface area contributed by atoms with Gasteiger partial charge in [0.1, 0.15) is 0 Å². The van der Waals surface area contributed by atoms with Gasteiger partial charge in [0, 0.05) is 24.5 Å². The number of rotatable bonds is 4. The summed E-state index contributed by atoms with van der Waals surface area (Å²) in [6.07, 6.45) is 4.08. The molecule has 118 valence electrons. The normalized spacial score (nSPS) is 10.7. The Morgan fingerprint density at radius 2 is 1.64 bits per heavy atom. The highest BCUT2D eigenvalue weighted by atomic mass is 35.5. The molecule has 0 aliphatic rings. The van der Waals surface area contributed by atoms with Crippen molar-refractivity contribution in [1.29, 1.82) is 0 Å². The van der Waals surface area contributed by atoms with Crippen molar-refractivity contribution >= 4 is 18.3 Å². The summed E-state index contributed by atoms with van der Waals surface area (Å²) in [5, 5.41) is 2.93. The van der Waals surface area contributed by atoms with Crippen molar-refractivity contribution < 1.29 is 4.79 Å². The number of amides is 1. The molecule has 0 saturated carbocycles. The van der Waals surface area contributed by atoms with E-state index in [9.17, 15) is 4.79 Å². The van der Waals surface area contributed by atoms with Crippen LogP contribution in [-0.2, 0) is 11.8 Å². The van der Waals surface area contributed by atoms with Crippen molar-refractivity contribution in [2.75, 3.05) is 6.54 Å². The average molecular weight is 319 g/mol. The zero-order valence-electron chi connectivity index (χ0n) is 13.3. The highest BCUT2D eigenvalue weighted by Crippen LogP contribution is 2.22. The molecule has 1 N–H and O–H groups in total. The highest BCUT2D eigenvalue weighted by molar-refractivity contribution is 5.93. The third kappa shape index (κ3) is 5.15. The number of aromatic nitrogens is 1.